The summed E-state index contributed by atoms with van der Waals surface area (Å²) >= 11 is 0. The molecule has 0 aromatic carbocycles. The Bertz CT molecular complexity index is 266. The lowest BCUT2D eigenvalue weighted by Crippen LogP contribution is -2.09. The van der Waals surface area contributed by atoms with Crippen molar-refractivity contribution in [1.29, 1.82) is 0 Å². The fraction of sp³-hybridized carbons (Fsp3) is 0.727. The SMILES string of the molecule is CC(C)n1cnc(CC(C)(C)C)c1. The van der Waals surface area contributed by atoms with E-state index in [2.05, 4.69) is 50.4 Å². The van der Waals surface area contributed by atoms with Gasteiger partial charge in [-0.3, -0.25) is 0 Å². The van der Waals surface area contributed by atoms with E-state index in [-0.39, 0.29) is 0 Å². The first-order valence-electron chi connectivity index (χ1n) is 4.91. The van der Waals surface area contributed by atoms with Crippen LogP contribution in [0, 0.1) is 5.41 Å². The molecule has 0 N–H and O–H groups in total. The van der Waals surface area contributed by atoms with Gasteiger partial charge in [0.15, 0.2) is 0 Å². The lowest BCUT2D eigenvalue weighted by Gasteiger charge is -2.15. The number of aromatic nitrogens is 2. The van der Waals surface area contributed by atoms with Crippen LogP contribution < -0.4 is 0 Å². The van der Waals surface area contributed by atoms with Gasteiger partial charge in [-0.15, -0.1) is 0 Å². The zero-order valence-electron chi connectivity index (χ0n) is 9.33. The summed E-state index contributed by atoms with van der Waals surface area (Å²) in [5, 5.41) is 0. The van der Waals surface area contributed by atoms with E-state index in [0.29, 0.717) is 11.5 Å². The second-order valence-corrected chi connectivity index (χ2v) is 5.14. The summed E-state index contributed by atoms with van der Waals surface area (Å²) in [6, 6.07) is 0.515. The van der Waals surface area contributed by atoms with Crippen molar-refractivity contribution >= 4 is 0 Å². The van der Waals surface area contributed by atoms with Crippen LogP contribution in [0.4, 0.5) is 0 Å². The predicted octanol–water partition coefficient (Wildman–Crippen LogP) is 3.05. The molecule has 0 bridgehead atoms. The van der Waals surface area contributed by atoms with Crippen molar-refractivity contribution in [3.05, 3.63) is 18.2 Å². The van der Waals surface area contributed by atoms with Crippen LogP contribution in [0.25, 0.3) is 0 Å². The topological polar surface area (TPSA) is 17.8 Å². The molecule has 0 saturated carbocycles. The third kappa shape index (κ3) is 3.21. The van der Waals surface area contributed by atoms with E-state index in [4.69, 9.17) is 0 Å². The summed E-state index contributed by atoms with van der Waals surface area (Å²) in [6.45, 7) is 11.1. The molecule has 74 valence electrons. The largest absolute Gasteiger partial charge is 0.335 e. The van der Waals surface area contributed by atoms with Gasteiger partial charge in [0.1, 0.15) is 0 Å². The molecule has 0 amide bonds. The summed E-state index contributed by atoms with van der Waals surface area (Å²) in [4.78, 5) is 4.39. The van der Waals surface area contributed by atoms with Crippen molar-refractivity contribution in [2.24, 2.45) is 5.41 Å². The van der Waals surface area contributed by atoms with Crippen molar-refractivity contribution in [3.63, 3.8) is 0 Å². The minimum absolute atomic E-state index is 0.330. The van der Waals surface area contributed by atoms with Crippen LogP contribution in [-0.2, 0) is 6.42 Å². The van der Waals surface area contributed by atoms with Gasteiger partial charge >= 0.3 is 0 Å². The summed E-state index contributed by atoms with van der Waals surface area (Å²) in [6.07, 6.45) is 5.12. The van der Waals surface area contributed by atoms with E-state index in [9.17, 15) is 0 Å². The van der Waals surface area contributed by atoms with Gasteiger partial charge in [0, 0.05) is 12.2 Å². The molecule has 2 heteroatoms. The molecule has 1 aromatic rings. The van der Waals surface area contributed by atoms with Crippen LogP contribution in [0.3, 0.4) is 0 Å². The van der Waals surface area contributed by atoms with E-state index < -0.39 is 0 Å². The third-order valence-corrected chi connectivity index (χ3v) is 1.96. The zero-order valence-corrected chi connectivity index (χ0v) is 9.33. The van der Waals surface area contributed by atoms with Gasteiger partial charge in [-0.25, -0.2) is 4.98 Å². The van der Waals surface area contributed by atoms with Crippen LogP contribution in [-0.4, -0.2) is 9.55 Å². The van der Waals surface area contributed by atoms with Crippen LogP contribution in [0.5, 0.6) is 0 Å². The van der Waals surface area contributed by atoms with Crippen LogP contribution in [0.2, 0.25) is 0 Å². The van der Waals surface area contributed by atoms with E-state index >= 15 is 0 Å². The molecule has 0 aliphatic rings. The van der Waals surface area contributed by atoms with Crippen LogP contribution in [0.1, 0.15) is 46.4 Å². The fourth-order valence-corrected chi connectivity index (χ4v) is 1.30. The van der Waals surface area contributed by atoms with Gasteiger partial charge in [-0.1, -0.05) is 20.8 Å². The summed E-state index contributed by atoms with van der Waals surface area (Å²) < 4.78 is 2.15. The Morgan fingerprint density at radius 3 is 2.38 bits per heavy atom. The smallest absolute Gasteiger partial charge is 0.0951 e. The second kappa shape index (κ2) is 3.52. The molecule has 0 spiro atoms. The zero-order chi connectivity index (χ0) is 10.1. The monoisotopic (exact) mass is 180 g/mol. The number of nitrogens with zero attached hydrogens (tertiary/aromatic N) is 2. The molecule has 13 heavy (non-hydrogen) atoms. The summed E-state index contributed by atoms with van der Waals surface area (Å²) in [7, 11) is 0. The molecule has 1 heterocycles. The van der Waals surface area contributed by atoms with E-state index in [1.807, 2.05) is 6.33 Å². The molecule has 0 saturated heterocycles. The highest BCUT2D eigenvalue weighted by Crippen LogP contribution is 2.19. The van der Waals surface area contributed by atoms with Crippen LogP contribution in [0.15, 0.2) is 12.5 Å². The number of hydrogen-bond donors (Lipinski definition) is 0. The maximum Gasteiger partial charge on any atom is 0.0951 e. The van der Waals surface area contributed by atoms with Gasteiger partial charge < -0.3 is 4.57 Å². The average Bonchev–Trinajstić information content (AvgIpc) is 2.31. The number of imidazole rings is 1. The Balaban J connectivity index is 2.70. The lowest BCUT2D eigenvalue weighted by atomic mass is 9.91. The first-order valence-corrected chi connectivity index (χ1v) is 4.91. The quantitative estimate of drug-likeness (QED) is 0.684. The molecule has 0 atom stereocenters. The molecule has 0 aliphatic carbocycles. The highest BCUT2D eigenvalue weighted by Gasteiger charge is 2.13. The summed E-state index contributed by atoms with van der Waals surface area (Å²) in [5.74, 6) is 0. The Morgan fingerprint density at radius 2 is 2.00 bits per heavy atom. The van der Waals surface area contributed by atoms with Crippen molar-refractivity contribution in [1.82, 2.24) is 9.55 Å². The van der Waals surface area contributed by atoms with Gasteiger partial charge in [0.05, 0.1) is 12.0 Å². The Labute approximate surface area is 81.0 Å². The van der Waals surface area contributed by atoms with E-state index in [1.54, 1.807) is 0 Å². The predicted molar refractivity (Wildman–Crippen MR) is 55.8 cm³/mol. The van der Waals surface area contributed by atoms with Crippen molar-refractivity contribution in [2.75, 3.05) is 0 Å². The molecule has 0 radical (unpaired) electrons. The Kier molecular flexibility index (Phi) is 2.79. The second-order valence-electron chi connectivity index (χ2n) is 5.14. The van der Waals surface area contributed by atoms with Crippen molar-refractivity contribution in [3.8, 4) is 0 Å². The van der Waals surface area contributed by atoms with Crippen molar-refractivity contribution < 1.29 is 0 Å². The van der Waals surface area contributed by atoms with Crippen LogP contribution >= 0.6 is 0 Å². The summed E-state index contributed by atoms with van der Waals surface area (Å²) in [5.41, 5.74) is 1.53. The minimum Gasteiger partial charge on any atom is -0.335 e. The number of hydrogen-bond acceptors (Lipinski definition) is 1. The average molecular weight is 180 g/mol. The molecule has 2 nitrogen and oxygen atoms in total. The maximum atomic E-state index is 4.39. The van der Waals surface area contributed by atoms with Gasteiger partial charge in [0.2, 0.25) is 0 Å². The Morgan fingerprint density at radius 1 is 1.38 bits per heavy atom. The van der Waals surface area contributed by atoms with E-state index in [0.717, 1.165) is 6.42 Å². The fourth-order valence-electron chi connectivity index (χ4n) is 1.30. The lowest BCUT2D eigenvalue weighted by molar-refractivity contribution is 0.406. The van der Waals surface area contributed by atoms with E-state index in [1.165, 1.54) is 5.69 Å². The first-order chi connectivity index (χ1) is 5.88. The maximum absolute atomic E-state index is 4.39. The molecule has 0 fully saturated rings. The first kappa shape index (κ1) is 10.3. The van der Waals surface area contributed by atoms with Crippen molar-refractivity contribution in [2.45, 2.75) is 47.1 Å². The third-order valence-electron chi connectivity index (χ3n) is 1.96. The van der Waals surface area contributed by atoms with Gasteiger partial charge in [-0.2, -0.15) is 0 Å². The highest BCUT2D eigenvalue weighted by molar-refractivity contribution is 5.00. The molecule has 0 unspecified atom stereocenters. The Hall–Kier alpha value is -0.790. The molecular formula is C11H20N2. The van der Waals surface area contributed by atoms with Gasteiger partial charge in [0.25, 0.3) is 0 Å². The molecule has 1 rings (SSSR count). The molecular weight excluding hydrogens is 160 g/mol. The normalized spacial score (nSPS) is 12.5. The standard InChI is InChI=1S/C11H20N2/c1-9(2)13-7-10(12-8-13)6-11(3,4)5/h7-9H,6H2,1-5H3. The minimum atomic E-state index is 0.330. The molecule has 1 aromatic heterocycles. The van der Waals surface area contributed by atoms with Gasteiger partial charge in [-0.05, 0) is 25.7 Å². The number of rotatable bonds is 2. The highest BCUT2D eigenvalue weighted by atomic mass is 15.0. The molecule has 0 aliphatic heterocycles.